The Morgan fingerprint density at radius 3 is 2.25 bits per heavy atom. The molecule has 1 rings (SSSR count). The Hall–Kier alpha value is -1.03. The maximum Gasteiger partial charge on any atom is 0.524 e. The van der Waals surface area contributed by atoms with Crippen molar-refractivity contribution in [3.8, 4) is 11.5 Å². The molecule has 1 aromatic rings. The summed E-state index contributed by atoms with van der Waals surface area (Å²) in [7, 11) is -4.65. The molecule has 16 heavy (non-hydrogen) atoms. The molecule has 0 bridgehead atoms. The van der Waals surface area contributed by atoms with Crippen molar-refractivity contribution in [2.45, 2.75) is 26.2 Å². The molecule has 0 aromatic heterocycles. The van der Waals surface area contributed by atoms with Crippen molar-refractivity contribution >= 4 is 7.82 Å². The first kappa shape index (κ1) is 13.0. The summed E-state index contributed by atoms with van der Waals surface area (Å²) in [6, 6.07) is 4.57. The van der Waals surface area contributed by atoms with Crippen LogP contribution in [0, 0.1) is 0 Å². The summed E-state index contributed by atoms with van der Waals surface area (Å²) in [4.78, 5) is 17.3. The Morgan fingerprint density at radius 1 is 1.25 bits per heavy atom. The van der Waals surface area contributed by atoms with Crippen LogP contribution in [0.4, 0.5) is 0 Å². The summed E-state index contributed by atoms with van der Waals surface area (Å²) in [6.45, 7) is 5.63. The Kier molecular flexibility index (Phi) is 3.33. The molecule has 5 nitrogen and oxygen atoms in total. The van der Waals surface area contributed by atoms with E-state index in [-0.39, 0.29) is 16.9 Å². The highest BCUT2D eigenvalue weighted by molar-refractivity contribution is 7.46. The summed E-state index contributed by atoms with van der Waals surface area (Å²) in [6.07, 6.45) is 0. The monoisotopic (exact) mass is 246 g/mol. The van der Waals surface area contributed by atoms with Crippen LogP contribution in [0.15, 0.2) is 18.2 Å². The number of phosphoric ester groups is 1. The molecule has 0 atom stereocenters. The van der Waals surface area contributed by atoms with Crippen LogP contribution in [0.25, 0.3) is 0 Å². The van der Waals surface area contributed by atoms with E-state index >= 15 is 0 Å². The number of phenolic OH excluding ortho intramolecular Hbond substituents is 1. The molecular formula is C10H15O5P. The highest BCUT2D eigenvalue weighted by Gasteiger charge is 2.24. The van der Waals surface area contributed by atoms with Crippen LogP contribution in [0.2, 0.25) is 0 Å². The van der Waals surface area contributed by atoms with Gasteiger partial charge in [-0.15, -0.1) is 0 Å². The molecule has 0 fully saturated rings. The lowest BCUT2D eigenvalue weighted by molar-refractivity contribution is 0.277. The van der Waals surface area contributed by atoms with Gasteiger partial charge in [0, 0.05) is 5.56 Å². The molecule has 3 N–H and O–H groups in total. The first-order valence-electron chi connectivity index (χ1n) is 4.69. The molecule has 0 spiro atoms. The zero-order chi connectivity index (χ0) is 12.6. The number of aromatic hydroxyl groups is 1. The Morgan fingerprint density at radius 2 is 1.81 bits per heavy atom. The summed E-state index contributed by atoms with van der Waals surface area (Å²) in [5, 5.41) is 9.82. The van der Waals surface area contributed by atoms with Crippen molar-refractivity contribution in [2.75, 3.05) is 0 Å². The second kappa shape index (κ2) is 4.09. The van der Waals surface area contributed by atoms with E-state index in [1.54, 1.807) is 12.1 Å². The first-order valence-corrected chi connectivity index (χ1v) is 6.22. The quantitative estimate of drug-likeness (QED) is 0.696. The minimum atomic E-state index is -4.65. The zero-order valence-corrected chi connectivity index (χ0v) is 10.2. The van der Waals surface area contributed by atoms with Crippen LogP contribution in [0.5, 0.6) is 11.5 Å². The second-order valence-corrected chi connectivity index (χ2v) is 5.65. The van der Waals surface area contributed by atoms with E-state index in [9.17, 15) is 9.67 Å². The smallest absolute Gasteiger partial charge is 0.504 e. The molecule has 0 saturated carbocycles. The van der Waals surface area contributed by atoms with Gasteiger partial charge in [-0.25, -0.2) is 4.57 Å². The molecule has 90 valence electrons. The van der Waals surface area contributed by atoms with Crippen molar-refractivity contribution in [2.24, 2.45) is 0 Å². The van der Waals surface area contributed by atoms with Gasteiger partial charge in [0.1, 0.15) is 0 Å². The molecule has 0 aliphatic heterocycles. The number of hydrogen-bond donors (Lipinski definition) is 3. The second-order valence-electron chi connectivity index (χ2n) is 4.48. The highest BCUT2D eigenvalue weighted by Crippen LogP contribution is 2.44. The summed E-state index contributed by atoms with van der Waals surface area (Å²) < 4.78 is 15.1. The van der Waals surface area contributed by atoms with Crippen LogP contribution in [0.3, 0.4) is 0 Å². The van der Waals surface area contributed by atoms with E-state index in [0.717, 1.165) is 0 Å². The van der Waals surface area contributed by atoms with Gasteiger partial charge in [0.15, 0.2) is 11.5 Å². The normalized spacial score (nSPS) is 12.6. The average molecular weight is 246 g/mol. The van der Waals surface area contributed by atoms with Gasteiger partial charge in [0.25, 0.3) is 0 Å². The van der Waals surface area contributed by atoms with E-state index in [1.807, 2.05) is 20.8 Å². The predicted octanol–water partition coefficient (Wildman–Crippen LogP) is 2.16. The third-order valence-corrected chi connectivity index (χ3v) is 2.46. The third-order valence-electron chi connectivity index (χ3n) is 2.02. The third kappa shape index (κ3) is 3.23. The van der Waals surface area contributed by atoms with E-state index in [0.29, 0.717) is 5.56 Å². The SMILES string of the molecule is CC(C)(C)c1cccc(OP(=O)(O)O)c1O. The summed E-state index contributed by atoms with van der Waals surface area (Å²) in [5.74, 6) is -0.445. The predicted molar refractivity (Wildman–Crippen MR) is 59.5 cm³/mol. The topological polar surface area (TPSA) is 87.0 Å². The van der Waals surface area contributed by atoms with E-state index in [2.05, 4.69) is 4.52 Å². The molecule has 0 radical (unpaired) electrons. The van der Waals surface area contributed by atoms with E-state index in [1.165, 1.54) is 6.07 Å². The Labute approximate surface area is 93.9 Å². The van der Waals surface area contributed by atoms with Crippen molar-refractivity contribution in [1.82, 2.24) is 0 Å². The number of rotatable bonds is 2. The molecule has 1 aromatic carbocycles. The lowest BCUT2D eigenvalue weighted by Crippen LogP contribution is -2.11. The fraction of sp³-hybridized carbons (Fsp3) is 0.400. The highest BCUT2D eigenvalue weighted by atomic mass is 31.2. The maximum absolute atomic E-state index is 10.7. The Balaban J connectivity index is 3.20. The van der Waals surface area contributed by atoms with Gasteiger partial charge in [-0.1, -0.05) is 32.9 Å². The van der Waals surface area contributed by atoms with Gasteiger partial charge in [-0.2, -0.15) is 0 Å². The Bertz CT molecular complexity index is 429. The number of phosphoric acid groups is 1. The summed E-state index contributed by atoms with van der Waals surface area (Å²) >= 11 is 0. The number of benzene rings is 1. The van der Waals surface area contributed by atoms with Gasteiger partial charge in [-0.05, 0) is 11.5 Å². The lowest BCUT2D eigenvalue weighted by atomic mass is 9.86. The van der Waals surface area contributed by atoms with Crippen LogP contribution in [-0.4, -0.2) is 14.9 Å². The number of phenols is 1. The first-order chi connectivity index (χ1) is 7.11. The lowest BCUT2D eigenvalue weighted by Gasteiger charge is -2.21. The van der Waals surface area contributed by atoms with Crippen LogP contribution in [0.1, 0.15) is 26.3 Å². The van der Waals surface area contributed by atoms with Gasteiger partial charge in [-0.3, -0.25) is 9.79 Å². The maximum atomic E-state index is 10.7. The van der Waals surface area contributed by atoms with Crippen molar-refractivity contribution in [1.29, 1.82) is 0 Å². The van der Waals surface area contributed by atoms with Crippen molar-refractivity contribution < 1.29 is 24.0 Å². The molecule has 0 unspecified atom stereocenters. The molecular weight excluding hydrogens is 231 g/mol. The molecule has 0 heterocycles. The molecule has 6 heteroatoms. The van der Waals surface area contributed by atoms with Crippen molar-refractivity contribution in [3.63, 3.8) is 0 Å². The van der Waals surface area contributed by atoms with Gasteiger partial charge < -0.3 is 9.63 Å². The molecule has 0 amide bonds. The van der Waals surface area contributed by atoms with Crippen LogP contribution < -0.4 is 4.52 Å². The fourth-order valence-corrected chi connectivity index (χ4v) is 1.73. The standard InChI is InChI=1S/C10H15O5P/c1-10(2,3)7-5-4-6-8(9(7)11)15-16(12,13)14/h4-6,11H,1-3H3,(H2,12,13,14). The van der Waals surface area contributed by atoms with Crippen LogP contribution in [-0.2, 0) is 9.98 Å². The largest absolute Gasteiger partial charge is 0.524 e. The van der Waals surface area contributed by atoms with E-state index in [4.69, 9.17) is 9.79 Å². The number of para-hydroxylation sites is 1. The van der Waals surface area contributed by atoms with E-state index < -0.39 is 7.82 Å². The number of hydrogen-bond acceptors (Lipinski definition) is 3. The van der Waals surface area contributed by atoms with Gasteiger partial charge in [0.05, 0.1) is 0 Å². The summed E-state index contributed by atoms with van der Waals surface area (Å²) in [5.41, 5.74) is 0.233. The minimum absolute atomic E-state index is 0.208. The molecule has 0 aliphatic rings. The van der Waals surface area contributed by atoms with Gasteiger partial charge >= 0.3 is 7.82 Å². The van der Waals surface area contributed by atoms with Gasteiger partial charge in [0.2, 0.25) is 0 Å². The van der Waals surface area contributed by atoms with Crippen LogP contribution >= 0.6 is 7.82 Å². The van der Waals surface area contributed by atoms with Crippen molar-refractivity contribution in [3.05, 3.63) is 23.8 Å². The average Bonchev–Trinajstić information content (AvgIpc) is 2.04. The molecule has 0 saturated heterocycles. The fourth-order valence-electron chi connectivity index (χ4n) is 1.33. The zero-order valence-electron chi connectivity index (χ0n) is 9.34. The molecule has 0 aliphatic carbocycles. The minimum Gasteiger partial charge on any atom is -0.504 e.